The fourth-order valence-corrected chi connectivity index (χ4v) is 4.38. The molecular weight excluding hydrogens is 420 g/mol. The average Bonchev–Trinajstić information content (AvgIpc) is 2.93. The van der Waals surface area contributed by atoms with E-state index in [9.17, 15) is 9.59 Å². The van der Waals surface area contributed by atoms with Gasteiger partial charge in [0.1, 0.15) is 0 Å². The molecule has 0 radical (unpaired) electrons. The van der Waals surface area contributed by atoms with Crippen LogP contribution in [-0.4, -0.2) is 37.7 Å². The number of piperazine rings is 1. The molecule has 1 aliphatic heterocycles. The van der Waals surface area contributed by atoms with Crippen molar-refractivity contribution in [2.24, 2.45) is 0 Å². The van der Waals surface area contributed by atoms with Crippen LogP contribution in [0.2, 0.25) is 0 Å². The highest BCUT2D eigenvalue weighted by Gasteiger charge is 2.19. The fraction of sp³-hybridized carbons (Fsp3) is 0.133. The Kier molecular flexibility index (Phi) is 6.21. The van der Waals surface area contributed by atoms with Crippen LogP contribution in [0.15, 0.2) is 109 Å². The molecule has 0 atom stereocenters. The molecule has 0 saturated carbocycles. The summed E-state index contributed by atoms with van der Waals surface area (Å²) in [7, 11) is 0. The van der Waals surface area contributed by atoms with E-state index < -0.39 is 0 Å². The van der Waals surface area contributed by atoms with Crippen LogP contribution in [0.1, 0.15) is 31.8 Å². The van der Waals surface area contributed by atoms with Gasteiger partial charge in [-0.05, 0) is 48.5 Å². The molecule has 0 bridgehead atoms. The van der Waals surface area contributed by atoms with Gasteiger partial charge in [-0.2, -0.15) is 0 Å². The van der Waals surface area contributed by atoms with Gasteiger partial charge in [0, 0.05) is 59.8 Å². The number of hydrogen-bond acceptors (Lipinski definition) is 4. The van der Waals surface area contributed by atoms with Gasteiger partial charge in [-0.1, -0.05) is 60.7 Å². The molecule has 4 heteroatoms. The molecule has 0 N–H and O–H groups in total. The lowest BCUT2D eigenvalue weighted by molar-refractivity contribution is 0.103. The van der Waals surface area contributed by atoms with Crippen molar-refractivity contribution in [3.63, 3.8) is 0 Å². The van der Waals surface area contributed by atoms with Gasteiger partial charge in [-0.15, -0.1) is 0 Å². The summed E-state index contributed by atoms with van der Waals surface area (Å²) in [6.45, 7) is 3.60. The Bertz CT molecular complexity index is 1160. The summed E-state index contributed by atoms with van der Waals surface area (Å²) < 4.78 is 0. The summed E-state index contributed by atoms with van der Waals surface area (Å²) in [6, 6.07) is 34.6. The molecule has 0 aromatic heterocycles. The molecule has 4 nitrogen and oxygen atoms in total. The maximum Gasteiger partial charge on any atom is 0.193 e. The molecule has 1 heterocycles. The normalized spacial score (nSPS) is 13.5. The Morgan fingerprint density at radius 3 is 1.03 bits per heavy atom. The van der Waals surface area contributed by atoms with Crippen LogP contribution in [0.5, 0.6) is 0 Å². The van der Waals surface area contributed by atoms with Gasteiger partial charge in [0.2, 0.25) is 0 Å². The van der Waals surface area contributed by atoms with Crippen molar-refractivity contribution in [3.05, 3.63) is 131 Å². The van der Waals surface area contributed by atoms with Crippen molar-refractivity contribution in [1.29, 1.82) is 0 Å². The third-order valence-corrected chi connectivity index (χ3v) is 6.34. The average molecular weight is 447 g/mol. The molecule has 34 heavy (non-hydrogen) atoms. The first-order chi connectivity index (χ1) is 16.7. The number of nitrogens with zero attached hydrogens (tertiary/aromatic N) is 2. The largest absolute Gasteiger partial charge is 0.368 e. The quantitative estimate of drug-likeness (QED) is 0.368. The first kappa shape index (κ1) is 21.7. The second kappa shape index (κ2) is 9.75. The minimum absolute atomic E-state index is 0.0474. The Morgan fingerprint density at radius 2 is 0.706 bits per heavy atom. The lowest BCUT2D eigenvalue weighted by Crippen LogP contribution is -2.46. The minimum atomic E-state index is 0.0474. The van der Waals surface area contributed by atoms with E-state index in [1.807, 2.05) is 109 Å². The molecule has 0 amide bonds. The number of rotatable bonds is 6. The number of carbonyl (C=O) groups is 2. The first-order valence-corrected chi connectivity index (χ1v) is 11.6. The molecular formula is C30H26N2O2. The van der Waals surface area contributed by atoms with Crippen LogP contribution in [0.4, 0.5) is 11.4 Å². The SMILES string of the molecule is O=C(c1ccccc1)c1ccc(N2CCN(c3ccc(C(=O)c4ccccc4)cc3)CC2)cc1. The Labute approximate surface area is 200 Å². The topological polar surface area (TPSA) is 40.6 Å². The Balaban J connectivity index is 1.19. The maximum atomic E-state index is 12.6. The molecule has 168 valence electrons. The second-order valence-corrected chi connectivity index (χ2v) is 8.46. The summed E-state index contributed by atoms with van der Waals surface area (Å²) in [5.74, 6) is 0.0947. The molecule has 1 aliphatic rings. The summed E-state index contributed by atoms with van der Waals surface area (Å²) in [4.78, 5) is 30.0. The molecule has 0 unspecified atom stereocenters. The third-order valence-electron chi connectivity index (χ3n) is 6.34. The van der Waals surface area contributed by atoms with Crippen molar-refractivity contribution in [2.45, 2.75) is 0 Å². The van der Waals surface area contributed by atoms with E-state index in [0.29, 0.717) is 22.3 Å². The van der Waals surface area contributed by atoms with Crippen molar-refractivity contribution in [2.75, 3.05) is 36.0 Å². The lowest BCUT2D eigenvalue weighted by atomic mass is 10.0. The number of carbonyl (C=O) groups excluding carboxylic acids is 2. The summed E-state index contributed by atoms with van der Waals surface area (Å²) in [5, 5.41) is 0. The number of hydrogen-bond donors (Lipinski definition) is 0. The second-order valence-electron chi connectivity index (χ2n) is 8.46. The monoisotopic (exact) mass is 446 g/mol. The molecule has 5 rings (SSSR count). The molecule has 1 fully saturated rings. The van der Waals surface area contributed by atoms with Crippen LogP contribution in [0.3, 0.4) is 0 Å². The molecule has 0 aliphatic carbocycles. The van der Waals surface area contributed by atoms with Gasteiger partial charge in [-0.25, -0.2) is 0 Å². The highest BCUT2D eigenvalue weighted by molar-refractivity contribution is 6.09. The number of ketones is 2. The van der Waals surface area contributed by atoms with E-state index in [1.165, 1.54) is 0 Å². The van der Waals surface area contributed by atoms with E-state index in [0.717, 1.165) is 37.6 Å². The van der Waals surface area contributed by atoms with Crippen LogP contribution in [0.25, 0.3) is 0 Å². The van der Waals surface area contributed by atoms with E-state index in [2.05, 4.69) is 9.80 Å². The molecule has 0 spiro atoms. The zero-order valence-corrected chi connectivity index (χ0v) is 18.9. The first-order valence-electron chi connectivity index (χ1n) is 11.6. The lowest BCUT2D eigenvalue weighted by Gasteiger charge is -2.37. The number of anilines is 2. The van der Waals surface area contributed by atoms with E-state index >= 15 is 0 Å². The number of benzene rings is 4. The minimum Gasteiger partial charge on any atom is -0.368 e. The van der Waals surface area contributed by atoms with Crippen molar-refractivity contribution < 1.29 is 9.59 Å². The van der Waals surface area contributed by atoms with Crippen molar-refractivity contribution >= 4 is 22.9 Å². The molecule has 4 aromatic rings. The van der Waals surface area contributed by atoms with Crippen LogP contribution in [0, 0.1) is 0 Å². The van der Waals surface area contributed by atoms with Crippen LogP contribution in [-0.2, 0) is 0 Å². The van der Waals surface area contributed by atoms with Gasteiger partial charge in [0.05, 0.1) is 0 Å². The standard InChI is InChI=1S/C30H26N2O2/c33-29(23-7-3-1-4-8-23)25-11-15-27(16-12-25)31-19-21-32(22-20-31)28-17-13-26(14-18-28)30(34)24-9-5-2-6-10-24/h1-18H,19-22H2. The van der Waals surface area contributed by atoms with Crippen molar-refractivity contribution in [3.8, 4) is 0 Å². The summed E-state index contributed by atoms with van der Waals surface area (Å²) in [5.41, 5.74) is 5.10. The van der Waals surface area contributed by atoms with Crippen LogP contribution < -0.4 is 9.80 Å². The summed E-state index contributed by atoms with van der Waals surface area (Å²) >= 11 is 0. The molecule has 4 aromatic carbocycles. The van der Waals surface area contributed by atoms with Crippen LogP contribution >= 0.6 is 0 Å². The Hall–Kier alpha value is -4.18. The van der Waals surface area contributed by atoms with E-state index in [1.54, 1.807) is 0 Å². The van der Waals surface area contributed by atoms with E-state index in [4.69, 9.17) is 0 Å². The van der Waals surface area contributed by atoms with Crippen molar-refractivity contribution in [1.82, 2.24) is 0 Å². The van der Waals surface area contributed by atoms with E-state index in [-0.39, 0.29) is 11.6 Å². The van der Waals surface area contributed by atoms with Gasteiger partial charge >= 0.3 is 0 Å². The Morgan fingerprint density at radius 1 is 0.412 bits per heavy atom. The van der Waals surface area contributed by atoms with Gasteiger partial charge in [0.15, 0.2) is 11.6 Å². The highest BCUT2D eigenvalue weighted by atomic mass is 16.1. The fourth-order valence-electron chi connectivity index (χ4n) is 4.38. The van der Waals surface area contributed by atoms with Gasteiger partial charge < -0.3 is 9.80 Å². The predicted octanol–water partition coefficient (Wildman–Crippen LogP) is 5.48. The summed E-state index contributed by atoms with van der Waals surface area (Å²) in [6.07, 6.45) is 0. The third kappa shape index (κ3) is 4.62. The maximum absolute atomic E-state index is 12.6. The van der Waals surface area contributed by atoms with Gasteiger partial charge in [-0.3, -0.25) is 9.59 Å². The zero-order valence-electron chi connectivity index (χ0n) is 18.9. The molecule has 1 saturated heterocycles. The highest BCUT2D eigenvalue weighted by Crippen LogP contribution is 2.23. The van der Waals surface area contributed by atoms with Gasteiger partial charge in [0.25, 0.3) is 0 Å². The zero-order chi connectivity index (χ0) is 23.3. The predicted molar refractivity (Wildman–Crippen MR) is 137 cm³/mol. The smallest absolute Gasteiger partial charge is 0.193 e.